The summed E-state index contributed by atoms with van der Waals surface area (Å²) in [5.41, 5.74) is 0. The predicted molar refractivity (Wildman–Crippen MR) is 45.1 cm³/mol. The molecule has 0 rings (SSSR count). The summed E-state index contributed by atoms with van der Waals surface area (Å²) in [5, 5.41) is 10.4. The van der Waals surface area contributed by atoms with Gasteiger partial charge in [0.25, 0.3) is 0 Å². The average Bonchev–Trinajstić information content (AvgIpc) is 1.96. The standard InChI is InChI=1S/C8H12F3NO3/c1-5(2-3-7(14)15)12-6(13)4-8(9,10)11/h5H,2-4H2,1H3,(H,12,13)(H,14,15). The van der Waals surface area contributed by atoms with Crippen LogP contribution in [0.5, 0.6) is 0 Å². The zero-order chi connectivity index (χ0) is 12.1. The minimum absolute atomic E-state index is 0.110. The van der Waals surface area contributed by atoms with Gasteiger partial charge in [0.05, 0.1) is 0 Å². The molecule has 0 fully saturated rings. The summed E-state index contributed by atoms with van der Waals surface area (Å²) in [6, 6.07) is -0.573. The maximum atomic E-state index is 11.7. The second-order valence-electron chi connectivity index (χ2n) is 3.19. The first-order valence-electron chi connectivity index (χ1n) is 4.28. The topological polar surface area (TPSA) is 66.4 Å². The number of rotatable bonds is 5. The van der Waals surface area contributed by atoms with Crippen LogP contribution in [0.3, 0.4) is 0 Å². The highest BCUT2D eigenvalue weighted by atomic mass is 19.4. The van der Waals surface area contributed by atoms with Gasteiger partial charge in [-0.1, -0.05) is 0 Å². The van der Waals surface area contributed by atoms with E-state index in [1.807, 2.05) is 0 Å². The number of aliphatic carboxylic acids is 1. The number of hydrogen-bond donors (Lipinski definition) is 2. The smallest absolute Gasteiger partial charge is 0.397 e. The van der Waals surface area contributed by atoms with Crippen molar-refractivity contribution >= 4 is 11.9 Å². The summed E-state index contributed by atoms with van der Waals surface area (Å²) in [7, 11) is 0. The fraction of sp³-hybridized carbons (Fsp3) is 0.750. The lowest BCUT2D eigenvalue weighted by molar-refractivity contribution is -0.154. The molecule has 0 aromatic rings. The van der Waals surface area contributed by atoms with Crippen LogP contribution in [0.2, 0.25) is 0 Å². The molecule has 0 radical (unpaired) electrons. The predicted octanol–water partition coefficient (Wildman–Crippen LogP) is 1.31. The van der Waals surface area contributed by atoms with E-state index in [1.165, 1.54) is 6.92 Å². The number of carbonyl (C=O) groups is 2. The monoisotopic (exact) mass is 227 g/mol. The lowest BCUT2D eigenvalue weighted by Gasteiger charge is -2.13. The van der Waals surface area contributed by atoms with Crippen LogP contribution in [0.1, 0.15) is 26.2 Å². The van der Waals surface area contributed by atoms with Crippen molar-refractivity contribution in [1.82, 2.24) is 5.32 Å². The van der Waals surface area contributed by atoms with Crippen LogP contribution in [0.25, 0.3) is 0 Å². The van der Waals surface area contributed by atoms with E-state index in [4.69, 9.17) is 5.11 Å². The van der Waals surface area contributed by atoms with Gasteiger partial charge in [-0.3, -0.25) is 9.59 Å². The Morgan fingerprint density at radius 3 is 2.33 bits per heavy atom. The summed E-state index contributed by atoms with van der Waals surface area (Å²) in [5.74, 6) is -2.19. The van der Waals surface area contributed by atoms with Crippen molar-refractivity contribution in [2.24, 2.45) is 0 Å². The van der Waals surface area contributed by atoms with Gasteiger partial charge in [-0.15, -0.1) is 0 Å². The molecule has 2 N–H and O–H groups in total. The third kappa shape index (κ3) is 9.04. The number of amides is 1. The molecule has 88 valence electrons. The first-order chi connectivity index (χ1) is 6.70. The van der Waals surface area contributed by atoms with E-state index >= 15 is 0 Å². The minimum Gasteiger partial charge on any atom is -0.481 e. The Kier molecular flexibility index (Phi) is 5.10. The third-order valence-electron chi connectivity index (χ3n) is 1.56. The maximum Gasteiger partial charge on any atom is 0.397 e. The normalized spacial score (nSPS) is 13.3. The SMILES string of the molecule is CC(CCC(=O)O)NC(=O)CC(F)(F)F. The summed E-state index contributed by atoms with van der Waals surface area (Å²) >= 11 is 0. The first-order valence-corrected chi connectivity index (χ1v) is 4.28. The molecule has 0 bridgehead atoms. The summed E-state index contributed by atoms with van der Waals surface area (Å²) in [4.78, 5) is 20.9. The number of carbonyl (C=O) groups excluding carboxylic acids is 1. The molecular formula is C8H12F3NO3. The van der Waals surface area contributed by atoms with Crippen LogP contribution in [0, 0.1) is 0 Å². The molecule has 1 unspecified atom stereocenters. The van der Waals surface area contributed by atoms with Crippen LogP contribution in [0.4, 0.5) is 13.2 Å². The Morgan fingerprint density at radius 1 is 1.40 bits per heavy atom. The molecule has 0 aromatic carbocycles. The zero-order valence-electron chi connectivity index (χ0n) is 8.10. The summed E-state index contributed by atoms with van der Waals surface area (Å²) < 4.78 is 35.1. The quantitative estimate of drug-likeness (QED) is 0.744. The molecular weight excluding hydrogens is 215 g/mol. The van der Waals surface area contributed by atoms with Gasteiger partial charge in [-0.25, -0.2) is 0 Å². The van der Waals surface area contributed by atoms with Crippen LogP contribution in [-0.4, -0.2) is 29.2 Å². The van der Waals surface area contributed by atoms with Crippen molar-refractivity contribution in [2.45, 2.75) is 38.4 Å². The van der Waals surface area contributed by atoms with E-state index in [9.17, 15) is 22.8 Å². The molecule has 0 saturated carbocycles. The molecule has 15 heavy (non-hydrogen) atoms. The largest absolute Gasteiger partial charge is 0.481 e. The van der Waals surface area contributed by atoms with Gasteiger partial charge in [-0.2, -0.15) is 13.2 Å². The Bertz CT molecular complexity index is 240. The number of hydrogen-bond acceptors (Lipinski definition) is 2. The van der Waals surface area contributed by atoms with Gasteiger partial charge in [-0.05, 0) is 13.3 Å². The number of carboxylic acid groups (broad SMARTS) is 1. The highest BCUT2D eigenvalue weighted by molar-refractivity contribution is 5.77. The molecule has 0 aliphatic heterocycles. The van der Waals surface area contributed by atoms with E-state index in [0.717, 1.165) is 0 Å². The van der Waals surface area contributed by atoms with Crippen LogP contribution in [-0.2, 0) is 9.59 Å². The van der Waals surface area contributed by atoms with Gasteiger partial charge >= 0.3 is 12.1 Å². The van der Waals surface area contributed by atoms with Crippen LogP contribution in [0.15, 0.2) is 0 Å². The molecule has 0 aliphatic carbocycles. The third-order valence-corrected chi connectivity index (χ3v) is 1.56. The second kappa shape index (κ2) is 5.57. The molecule has 7 heteroatoms. The van der Waals surface area contributed by atoms with E-state index in [0.29, 0.717) is 0 Å². The molecule has 1 amide bonds. The first kappa shape index (κ1) is 13.7. The number of carboxylic acids is 1. The van der Waals surface area contributed by atoms with Crippen LogP contribution < -0.4 is 5.32 Å². The Labute approximate surface area is 84.5 Å². The summed E-state index contributed by atoms with van der Waals surface area (Å²) in [6.07, 6.45) is -6.15. The fourth-order valence-electron chi connectivity index (χ4n) is 0.920. The average molecular weight is 227 g/mol. The molecule has 0 spiro atoms. The van der Waals surface area contributed by atoms with Crippen molar-refractivity contribution in [2.75, 3.05) is 0 Å². The number of nitrogens with one attached hydrogen (secondary N) is 1. The van der Waals surface area contributed by atoms with Crippen molar-refractivity contribution in [1.29, 1.82) is 0 Å². The van der Waals surface area contributed by atoms with Gasteiger partial charge < -0.3 is 10.4 Å². The van der Waals surface area contributed by atoms with Gasteiger partial charge in [0, 0.05) is 12.5 Å². The fourth-order valence-corrected chi connectivity index (χ4v) is 0.920. The van der Waals surface area contributed by atoms with Crippen molar-refractivity contribution in [3.8, 4) is 0 Å². The zero-order valence-corrected chi connectivity index (χ0v) is 8.10. The Morgan fingerprint density at radius 2 is 1.93 bits per heavy atom. The molecule has 4 nitrogen and oxygen atoms in total. The van der Waals surface area contributed by atoms with Crippen molar-refractivity contribution < 1.29 is 27.9 Å². The lowest BCUT2D eigenvalue weighted by atomic mass is 10.2. The lowest BCUT2D eigenvalue weighted by Crippen LogP contribution is -2.35. The van der Waals surface area contributed by atoms with Gasteiger partial charge in [0.15, 0.2) is 0 Å². The van der Waals surface area contributed by atoms with Crippen LogP contribution >= 0.6 is 0 Å². The molecule has 1 atom stereocenters. The van der Waals surface area contributed by atoms with E-state index in [-0.39, 0.29) is 12.8 Å². The molecule has 0 heterocycles. The highest BCUT2D eigenvalue weighted by Crippen LogP contribution is 2.19. The molecule has 0 aromatic heterocycles. The van der Waals surface area contributed by atoms with Gasteiger partial charge in [0.2, 0.25) is 5.91 Å². The van der Waals surface area contributed by atoms with E-state index in [2.05, 4.69) is 5.32 Å². The summed E-state index contributed by atoms with van der Waals surface area (Å²) in [6.45, 7) is 1.46. The Hall–Kier alpha value is -1.27. The highest BCUT2D eigenvalue weighted by Gasteiger charge is 2.31. The molecule has 0 aliphatic rings. The minimum atomic E-state index is -4.53. The molecule has 0 saturated heterocycles. The van der Waals surface area contributed by atoms with E-state index < -0.39 is 30.5 Å². The number of halogens is 3. The van der Waals surface area contributed by atoms with Crippen molar-refractivity contribution in [3.63, 3.8) is 0 Å². The maximum absolute atomic E-state index is 11.7. The number of alkyl halides is 3. The van der Waals surface area contributed by atoms with Gasteiger partial charge in [0.1, 0.15) is 6.42 Å². The second-order valence-corrected chi connectivity index (χ2v) is 3.19. The Balaban J connectivity index is 3.81. The van der Waals surface area contributed by atoms with E-state index in [1.54, 1.807) is 0 Å². The van der Waals surface area contributed by atoms with Crippen molar-refractivity contribution in [3.05, 3.63) is 0 Å².